The molecule has 4 heteroatoms. The van der Waals surface area contributed by atoms with Gasteiger partial charge in [0.15, 0.2) is 0 Å². The Morgan fingerprint density at radius 2 is 2.20 bits per heavy atom. The van der Waals surface area contributed by atoms with Crippen LogP contribution in [0.1, 0.15) is 30.9 Å². The van der Waals surface area contributed by atoms with E-state index in [1.807, 2.05) is 6.07 Å². The highest BCUT2D eigenvalue weighted by atomic mass is 19.3. The van der Waals surface area contributed by atoms with E-state index in [9.17, 15) is 8.78 Å². The van der Waals surface area contributed by atoms with Gasteiger partial charge >= 0.3 is 0 Å². The second-order valence-electron chi connectivity index (χ2n) is 4.12. The Morgan fingerprint density at radius 1 is 1.40 bits per heavy atom. The molecule has 1 fully saturated rings. The average Bonchev–Trinajstić information content (AvgIpc) is 2.23. The monoisotopic (exact) mass is 212 g/mol. The number of nitrogens with two attached hydrogens (primary N) is 1. The van der Waals surface area contributed by atoms with Crippen LogP contribution < -0.4 is 5.73 Å². The van der Waals surface area contributed by atoms with Crippen molar-refractivity contribution in [2.75, 3.05) is 0 Å². The number of halogens is 2. The second-order valence-corrected chi connectivity index (χ2v) is 4.12. The second kappa shape index (κ2) is 3.85. The molecule has 0 amide bonds. The van der Waals surface area contributed by atoms with Gasteiger partial charge in [-0.3, -0.25) is 4.98 Å². The number of rotatable bonds is 1. The molecule has 0 spiro atoms. The fourth-order valence-corrected chi connectivity index (χ4v) is 2.07. The van der Waals surface area contributed by atoms with Gasteiger partial charge in [0.05, 0.1) is 0 Å². The third-order valence-corrected chi connectivity index (χ3v) is 2.95. The minimum Gasteiger partial charge on any atom is -0.327 e. The molecule has 1 aromatic rings. The number of alkyl halides is 2. The van der Waals surface area contributed by atoms with Crippen LogP contribution in [0.25, 0.3) is 0 Å². The molecule has 82 valence electrons. The molecular weight excluding hydrogens is 198 g/mol. The molecule has 15 heavy (non-hydrogen) atoms. The summed E-state index contributed by atoms with van der Waals surface area (Å²) in [6.07, 6.45) is 1.71. The van der Waals surface area contributed by atoms with Gasteiger partial charge in [-0.05, 0) is 18.6 Å². The van der Waals surface area contributed by atoms with Crippen molar-refractivity contribution in [2.45, 2.75) is 37.1 Å². The van der Waals surface area contributed by atoms with Crippen molar-refractivity contribution in [2.24, 2.45) is 5.73 Å². The number of pyridine rings is 1. The molecule has 1 heterocycles. The van der Waals surface area contributed by atoms with Gasteiger partial charge in [0.1, 0.15) is 0 Å². The van der Waals surface area contributed by atoms with Gasteiger partial charge in [-0.15, -0.1) is 0 Å². The molecule has 0 bridgehead atoms. The average molecular weight is 212 g/mol. The van der Waals surface area contributed by atoms with Crippen LogP contribution in [0.4, 0.5) is 8.78 Å². The van der Waals surface area contributed by atoms with Crippen LogP contribution in [-0.2, 0) is 0 Å². The minimum atomic E-state index is -2.59. The molecule has 1 aromatic heterocycles. The Labute approximate surface area is 87.5 Å². The third-order valence-electron chi connectivity index (χ3n) is 2.95. The molecule has 2 unspecified atom stereocenters. The lowest BCUT2D eigenvalue weighted by Gasteiger charge is -2.33. The lowest BCUT2D eigenvalue weighted by molar-refractivity contribution is -0.0456. The van der Waals surface area contributed by atoms with Crippen LogP contribution >= 0.6 is 0 Å². The van der Waals surface area contributed by atoms with Crippen molar-refractivity contribution >= 4 is 0 Å². The fourth-order valence-electron chi connectivity index (χ4n) is 2.07. The maximum Gasteiger partial charge on any atom is 0.248 e. The highest BCUT2D eigenvalue weighted by molar-refractivity contribution is 5.14. The first-order chi connectivity index (χ1) is 7.08. The first-order valence-corrected chi connectivity index (χ1v) is 5.13. The van der Waals surface area contributed by atoms with Crippen LogP contribution in [-0.4, -0.2) is 16.9 Å². The van der Waals surface area contributed by atoms with Crippen LogP contribution in [0.15, 0.2) is 24.4 Å². The molecule has 0 aromatic carbocycles. The molecule has 2 nitrogen and oxygen atoms in total. The molecule has 2 atom stereocenters. The SMILES string of the molecule is NC1CCC(F)(F)CC1c1ccccn1. The maximum atomic E-state index is 13.2. The summed E-state index contributed by atoms with van der Waals surface area (Å²) in [5, 5.41) is 0. The van der Waals surface area contributed by atoms with E-state index >= 15 is 0 Å². The summed E-state index contributed by atoms with van der Waals surface area (Å²) in [5.41, 5.74) is 6.54. The standard InChI is InChI=1S/C11H14F2N2/c12-11(13)5-4-9(14)8(7-11)10-3-1-2-6-15-10/h1-3,6,8-9H,4-5,7,14H2. The Morgan fingerprint density at radius 3 is 2.87 bits per heavy atom. The summed E-state index contributed by atoms with van der Waals surface area (Å²) in [6.45, 7) is 0. The van der Waals surface area contributed by atoms with E-state index in [4.69, 9.17) is 5.73 Å². The zero-order valence-corrected chi connectivity index (χ0v) is 8.37. The van der Waals surface area contributed by atoms with Gasteiger partial charge in [0, 0.05) is 36.7 Å². The summed E-state index contributed by atoms with van der Waals surface area (Å²) in [6, 6.07) is 5.16. The molecular formula is C11H14F2N2. The van der Waals surface area contributed by atoms with Crippen LogP contribution in [0.5, 0.6) is 0 Å². The molecule has 1 aliphatic carbocycles. The summed E-state index contributed by atoms with van der Waals surface area (Å²) >= 11 is 0. The zero-order valence-electron chi connectivity index (χ0n) is 8.37. The topological polar surface area (TPSA) is 38.9 Å². The predicted octanol–water partition coefficient (Wildman–Crippen LogP) is 2.31. The van der Waals surface area contributed by atoms with Gasteiger partial charge in [0.2, 0.25) is 5.92 Å². The number of nitrogens with zero attached hydrogens (tertiary/aromatic N) is 1. The largest absolute Gasteiger partial charge is 0.327 e. The Kier molecular flexibility index (Phi) is 2.69. The number of hydrogen-bond donors (Lipinski definition) is 1. The van der Waals surface area contributed by atoms with Crippen LogP contribution in [0.2, 0.25) is 0 Å². The van der Waals surface area contributed by atoms with E-state index in [2.05, 4.69) is 4.98 Å². The van der Waals surface area contributed by atoms with Crippen molar-refractivity contribution < 1.29 is 8.78 Å². The van der Waals surface area contributed by atoms with Gasteiger partial charge in [0.25, 0.3) is 0 Å². The summed E-state index contributed by atoms with van der Waals surface area (Å²) in [7, 11) is 0. The highest BCUT2D eigenvalue weighted by Crippen LogP contribution is 2.40. The Hall–Kier alpha value is -1.03. The highest BCUT2D eigenvalue weighted by Gasteiger charge is 2.41. The fraction of sp³-hybridized carbons (Fsp3) is 0.545. The van der Waals surface area contributed by atoms with E-state index in [0.29, 0.717) is 12.1 Å². The quantitative estimate of drug-likeness (QED) is 0.775. The van der Waals surface area contributed by atoms with Crippen molar-refractivity contribution in [1.82, 2.24) is 4.98 Å². The lowest BCUT2D eigenvalue weighted by Crippen LogP contribution is -2.39. The number of aromatic nitrogens is 1. The van der Waals surface area contributed by atoms with Gasteiger partial charge in [-0.1, -0.05) is 6.07 Å². The van der Waals surface area contributed by atoms with E-state index in [-0.39, 0.29) is 24.8 Å². The third kappa shape index (κ3) is 2.31. The van der Waals surface area contributed by atoms with Gasteiger partial charge in [-0.25, -0.2) is 8.78 Å². The first kappa shape index (κ1) is 10.5. The van der Waals surface area contributed by atoms with Crippen molar-refractivity contribution in [3.63, 3.8) is 0 Å². The van der Waals surface area contributed by atoms with Crippen molar-refractivity contribution in [1.29, 1.82) is 0 Å². The van der Waals surface area contributed by atoms with E-state index < -0.39 is 5.92 Å². The minimum absolute atomic E-state index is 0.0997. The molecule has 0 aliphatic heterocycles. The van der Waals surface area contributed by atoms with E-state index in [1.165, 1.54) is 0 Å². The lowest BCUT2D eigenvalue weighted by atomic mass is 9.80. The molecule has 1 saturated carbocycles. The normalized spacial score (nSPS) is 30.1. The molecule has 2 N–H and O–H groups in total. The number of hydrogen-bond acceptors (Lipinski definition) is 2. The van der Waals surface area contributed by atoms with E-state index in [0.717, 1.165) is 0 Å². The van der Waals surface area contributed by atoms with Gasteiger partial charge < -0.3 is 5.73 Å². The summed E-state index contributed by atoms with van der Waals surface area (Å²) in [4.78, 5) is 4.11. The smallest absolute Gasteiger partial charge is 0.248 e. The zero-order chi connectivity index (χ0) is 10.9. The molecule has 2 rings (SSSR count). The van der Waals surface area contributed by atoms with E-state index in [1.54, 1.807) is 18.3 Å². The molecule has 0 radical (unpaired) electrons. The van der Waals surface area contributed by atoms with Crippen LogP contribution in [0, 0.1) is 0 Å². The predicted molar refractivity (Wildman–Crippen MR) is 53.8 cm³/mol. The van der Waals surface area contributed by atoms with Gasteiger partial charge in [-0.2, -0.15) is 0 Å². The van der Waals surface area contributed by atoms with Crippen LogP contribution in [0.3, 0.4) is 0 Å². The van der Waals surface area contributed by atoms with Crippen molar-refractivity contribution in [3.05, 3.63) is 30.1 Å². The molecule has 1 aliphatic rings. The Bertz CT molecular complexity index is 327. The maximum absolute atomic E-state index is 13.2. The van der Waals surface area contributed by atoms with Crippen molar-refractivity contribution in [3.8, 4) is 0 Å². The summed E-state index contributed by atoms with van der Waals surface area (Å²) < 4.78 is 26.5. The first-order valence-electron chi connectivity index (χ1n) is 5.13. The summed E-state index contributed by atoms with van der Waals surface area (Å²) in [5.74, 6) is -2.90. The molecule has 0 saturated heterocycles. The Balaban J connectivity index is 2.20.